The number of carbonyl (C=O) groups excluding carboxylic acids is 1. The molecule has 2 aromatic rings. The van der Waals surface area contributed by atoms with E-state index in [4.69, 9.17) is 0 Å². The van der Waals surface area contributed by atoms with Gasteiger partial charge in [0.2, 0.25) is 0 Å². The second-order valence-corrected chi connectivity index (χ2v) is 6.74. The number of aromatic carboxylic acids is 1. The van der Waals surface area contributed by atoms with Crippen molar-refractivity contribution in [2.45, 2.75) is 13.8 Å². The second kappa shape index (κ2) is 9.19. The molecule has 0 saturated heterocycles. The number of carboxylic acids is 1. The van der Waals surface area contributed by atoms with E-state index in [1.807, 2.05) is 40.1 Å². The van der Waals surface area contributed by atoms with E-state index in [2.05, 4.69) is 15.1 Å². The van der Waals surface area contributed by atoms with Gasteiger partial charge in [0.05, 0.1) is 16.9 Å². The zero-order valence-electron chi connectivity index (χ0n) is 16.3. The Kier molecular flexibility index (Phi) is 6.96. The summed E-state index contributed by atoms with van der Waals surface area (Å²) < 4.78 is 0. The largest absolute Gasteiger partial charge is 0.478 e. The number of hydrogen-bond acceptors (Lipinski definition) is 4. The van der Waals surface area contributed by atoms with E-state index in [0.717, 1.165) is 30.9 Å². The molecule has 0 spiro atoms. The fourth-order valence-corrected chi connectivity index (χ4v) is 2.80. The Hall–Kier alpha value is -2.86. The van der Waals surface area contributed by atoms with Crippen LogP contribution in [0.5, 0.6) is 0 Å². The van der Waals surface area contributed by atoms with Gasteiger partial charge in [0.1, 0.15) is 0 Å². The molecule has 6 nitrogen and oxygen atoms in total. The van der Waals surface area contributed by atoms with E-state index in [1.165, 1.54) is 6.07 Å². The van der Waals surface area contributed by atoms with Crippen molar-refractivity contribution >= 4 is 23.3 Å². The number of anilines is 2. The number of amides is 1. The molecule has 0 heterocycles. The van der Waals surface area contributed by atoms with Gasteiger partial charge in [-0.2, -0.15) is 0 Å². The molecule has 144 valence electrons. The van der Waals surface area contributed by atoms with E-state index in [0.29, 0.717) is 11.3 Å². The summed E-state index contributed by atoms with van der Waals surface area (Å²) in [5, 5.41) is 12.2. The first-order chi connectivity index (χ1) is 12.8. The fraction of sp³-hybridized carbons (Fsp3) is 0.333. The number of hydrogen-bond donors (Lipinski definition) is 2. The van der Waals surface area contributed by atoms with Crippen molar-refractivity contribution in [2.75, 3.05) is 43.9 Å². The third-order valence-corrected chi connectivity index (χ3v) is 4.31. The van der Waals surface area contributed by atoms with Crippen LogP contribution in [0.3, 0.4) is 0 Å². The standard InChI is InChI=1S/C21H27N3O3/c1-5-24(12-11-23(3)4)19-10-9-17(21(26)27)14-18(19)22-20(25)16-8-6-7-15(2)13-16/h6-10,13-14H,5,11-12H2,1-4H3,(H,22,25)(H,26,27). The maximum Gasteiger partial charge on any atom is 0.335 e. The van der Waals surface area contributed by atoms with Gasteiger partial charge in [-0.1, -0.05) is 17.7 Å². The number of aryl methyl sites for hydroxylation is 1. The van der Waals surface area contributed by atoms with Gasteiger partial charge >= 0.3 is 5.97 Å². The lowest BCUT2D eigenvalue weighted by molar-refractivity contribution is 0.0696. The van der Waals surface area contributed by atoms with Gasteiger partial charge in [-0.15, -0.1) is 0 Å². The number of benzene rings is 2. The molecule has 2 N–H and O–H groups in total. The molecule has 2 aromatic carbocycles. The Labute approximate surface area is 160 Å². The number of carbonyl (C=O) groups is 2. The van der Waals surface area contributed by atoms with Crippen LogP contribution in [0.4, 0.5) is 11.4 Å². The predicted molar refractivity (Wildman–Crippen MR) is 109 cm³/mol. The highest BCUT2D eigenvalue weighted by atomic mass is 16.4. The van der Waals surface area contributed by atoms with Gasteiger partial charge in [-0.3, -0.25) is 4.79 Å². The predicted octanol–water partition coefficient (Wildman–Crippen LogP) is 3.33. The summed E-state index contributed by atoms with van der Waals surface area (Å²) >= 11 is 0. The molecule has 0 aliphatic rings. The minimum atomic E-state index is -1.02. The first-order valence-corrected chi connectivity index (χ1v) is 8.97. The molecule has 27 heavy (non-hydrogen) atoms. The van der Waals surface area contributed by atoms with E-state index in [1.54, 1.807) is 24.3 Å². The fourth-order valence-electron chi connectivity index (χ4n) is 2.80. The molecule has 0 aromatic heterocycles. The van der Waals surface area contributed by atoms with Crippen molar-refractivity contribution in [1.82, 2.24) is 4.90 Å². The number of nitrogens with zero attached hydrogens (tertiary/aromatic N) is 2. The summed E-state index contributed by atoms with van der Waals surface area (Å²) in [6.07, 6.45) is 0. The summed E-state index contributed by atoms with van der Waals surface area (Å²) in [5.74, 6) is -1.28. The lowest BCUT2D eigenvalue weighted by Crippen LogP contribution is -2.32. The highest BCUT2D eigenvalue weighted by Crippen LogP contribution is 2.28. The first-order valence-electron chi connectivity index (χ1n) is 8.97. The van der Waals surface area contributed by atoms with Gasteiger partial charge < -0.3 is 20.2 Å². The monoisotopic (exact) mass is 369 g/mol. The quantitative estimate of drug-likeness (QED) is 0.747. The maximum absolute atomic E-state index is 12.7. The average Bonchev–Trinajstić information content (AvgIpc) is 2.62. The van der Waals surface area contributed by atoms with Gasteiger partial charge in [0.25, 0.3) is 5.91 Å². The van der Waals surface area contributed by atoms with Gasteiger partial charge in [0.15, 0.2) is 0 Å². The summed E-state index contributed by atoms with van der Waals surface area (Å²) in [5.41, 5.74) is 2.98. The third-order valence-electron chi connectivity index (χ3n) is 4.31. The molecule has 0 saturated carbocycles. The van der Waals surface area contributed by atoms with E-state index in [-0.39, 0.29) is 11.5 Å². The van der Waals surface area contributed by atoms with Crippen molar-refractivity contribution in [3.63, 3.8) is 0 Å². The molecule has 6 heteroatoms. The molecule has 0 aliphatic carbocycles. The highest BCUT2D eigenvalue weighted by molar-refractivity contribution is 6.06. The zero-order chi connectivity index (χ0) is 20.0. The van der Waals surface area contributed by atoms with Gasteiger partial charge in [-0.05, 0) is 58.3 Å². The summed E-state index contributed by atoms with van der Waals surface area (Å²) in [6.45, 7) is 6.32. The van der Waals surface area contributed by atoms with Crippen molar-refractivity contribution in [2.24, 2.45) is 0 Å². The van der Waals surface area contributed by atoms with Crippen LogP contribution in [-0.2, 0) is 0 Å². The van der Waals surface area contributed by atoms with Crippen LogP contribution < -0.4 is 10.2 Å². The maximum atomic E-state index is 12.7. The molecule has 0 fully saturated rings. The van der Waals surface area contributed by atoms with Crippen LogP contribution in [0.2, 0.25) is 0 Å². The van der Waals surface area contributed by atoms with Crippen LogP contribution in [0.1, 0.15) is 33.2 Å². The molecule has 0 unspecified atom stereocenters. The minimum Gasteiger partial charge on any atom is -0.478 e. The third kappa shape index (κ3) is 5.56. The molecule has 0 bridgehead atoms. The van der Waals surface area contributed by atoms with Crippen molar-refractivity contribution in [3.8, 4) is 0 Å². The smallest absolute Gasteiger partial charge is 0.335 e. The Balaban J connectivity index is 2.37. The van der Waals surface area contributed by atoms with Crippen LogP contribution >= 0.6 is 0 Å². The lowest BCUT2D eigenvalue weighted by Gasteiger charge is -2.27. The minimum absolute atomic E-state index is 0.141. The average molecular weight is 369 g/mol. The van der Waals surface area contributed by atoms with Crippen LogP contribution in [0.15, 0.2) is 42.5 Å². The van der Waals surface area contributed by atoms with E-state index >= 15 is 0 Å². The second-order valence-electron chi connectivity index (χ2n) is 6.74. The number of likely N-dealkylation sites (N-methyl/N-ethyl adjacent to an activating group) is 2. The highest BCUT2D eigenvalue weighted by Gasteiger charge is 2.16. The Morgan fingerprint density at radius 1 is 1.04 bits per heavy atom. The van der Waals surface area contributed by atoms with Crippen LogP contribution in [0.25, 0.3) is 0 Å². The lowest BCUT2D eigenvalue weighted by atomic mass is 10.1. The molecule has 0 atom stereocenters. The Bertz CT molecular complexity index is 818. The van der Waals surface area contributed by atoms with Crippen LogP contribution in [0, 0.1) is 6.92 Å². The van der Waals surface area contributed by atoms with Crippen LogP contribution in [-0.4, -0.2) is 55.6 Å². The van der Waals surface area contributed by atoms with Gasteiger partial charge in [-0.25, -0.2) is 4.79 Å². The summed E-state index contributed by atoms with van der Waals surface area (Å²) in [6, 6.07) is 12.1. The zero-order valence-corrected chi connectivity index (χ0v) is 16.3. The van der Waals surface area contributed by atoms with Gasteiger partial charge in [0, 0.05) is 25.2 Å². The van der Waals surface area contributed by atoms with E-state index in [9.17, 15) is 14.7 Å². The SMILES string of the molecule is CCN(CCN(C)C)c1ccc(C(=O)O)cc1NC(=O)c1cccc(C)c1. The molecule has 1 amide bonds. The molecular weight excluding hydrogens is 342 g/mol. The van der Waals surface area contributed by atoms with Crippen molar-refractivity contribution in [1.29, 1.82) is 0 Å². The topological polar surface area (TPSA) is 72.9 Å². The molecular formula is C21H27N3O3. The number of carboxylic acid groups (broad SMARTS) is 1. The Morgan fingerprint density at radius 2 is 1.78 bits per heavy atom. The number of rotatable bonds is 8. The summed E-state index contributed by atoms with van der Waals surface area (Å²) in [7, 11) is 4.00. The molecule has 0 aliphatic heterocycles. The van der Waals surface area contributed by atoms with Crippen molar-refractivity contribution in [3.05, 3.63) is 59.2 Å². The number of nitrogens with one attached hydrogen (secondary N) is 1. The van der Waals surface area contributed by atoms with E-state index < -0.39 is 5.97 Å². The van der Waals surface area contributed by atoms with Crippen molar-refractivity contribution < 1.29 is 14.7 Å². The molecule has 0 radical (unpaired) electrons. The Morgan fingerprint density at radius 3 is 2.37 bits per heavy atom. The molecule has 2 rings (SSSR count). The summed E-state index contributed by atoms with van der Waals surface area (Å²) in [4.78, 5) is 28.3. The normalized spacial score (nSPS) is 10.7. The first kappa shape index (κ1) is 20.5.